The van der Waals surface area contributed by atoms with Crippen LogP contribution in [-0.2, 0) is 4.79 Å². The monoisotopic (exact) mass is 314 g/mol. The highest BCUT2D eigenvalue weighted by Crippen LogP contribution is 2.25. The molecule has 2 rings (SSSR count). The first kappa shape index (κ1) is 16.5. The molecule has 6 heteroatoms. The minimum Gasteiger partial charge on any atom is -0.483 e. The summed E-state index contributed by atoms with van der Waals surface area (Å²) in [6, 6.07) is 9.72. The highest BCUT2D eigenvalue weighted by atomic mass is 16.6. The smallest absolute Gasteiger partial charge is 0.271 e. The van der Waals surface area contributed by atoms with Crippen LogP contribution in [0.1, 0.15) is 16.7 Å². The van der Waals surface area contributed by atoms with Gasteiger partial charge in [0.25, 0.3) is 11.6 Å². The number of nitro benzene ring substituents is 1. The minimum absolute atomic E-state index is 0.0749. The van der Waals surface area contributed by atoms with Gasteiger partial charge in [-0.25, -0.2) is 0 Å². The molecule has 0 heterocycles. The average molecular weight is 314 g/mol. The minimum atomic E-state index is -0.508. The zero-order valence-electron chi connectivity index (χ0n) is 13.3. The molecule has 6 nitrogen and oxygen atoms in total. The number of amides is 1. The van der Waals surface area contributed by atoms with Crippen LogP contribution in [0.25, 0.3) is 0 Å². The Balaban J connectivity index is 2.02. The summed E-state index contributed by atoms with van der Waals surface area (Å²) in [7, 11) is 0. The fourth-order valence-electron chi connectivity index (χ4n) is 2.18. The van der Waals surface area contributed by atoms with Crippen molar-refractivity contribution in [3.05, 3.63) is 63.2 Å². The van der Waals surface area contributed by atoms with Gasteiger partial charge in [0.05, 0.1) is 4.92 Å². The predicted molar refractivity (Wildman–Crippen MR) is 87.9 cm³/mol. The van der Waals surface area contributed by atoms with Gasteiger partial charge in [0.1, 0.15) is 5.75 Å². The molecular weight excluding hydrogens is 296 g/mol. The van der Waals surface area contributed by atoms with Crippen molar-refractivity contribution in [3.8, 4) is 5.75 Å². The molecule has 0 aromatic heterocycles. The number of hydrogen-bond acceptors (Lipinski definition) is 4. The number of aryl methyl sites for hydroxylation is 2. The third-order valence-corrected chi connectivity index (χ3v) is 3.56. The van der Waals surface area contributed by atoms with E-state index in [9.17, 15) is 14.9 Å². The number of benzene rings is 2. The fourth-order valence-corrected chi connectivity index (χ4v) is 2.18. The van der Waals surface area contributed by atoms with Gasteiger partial charge in [-0.3, -0.25) is 14.9 Å². The van der Waals surface area contributed by atoms with Crippen molar-refractivity contribution in [2.45, 2.75) is 20.8 Å². The number of ether oxygens (including phenoxy) is 1. The number of rotatable bonds is 5. The zero-order valence-corrected chi connectivity index (χ0v) is 13.3. The van der Waals surface area contributed by atoms with E-state index in [1.165, 1.54) is 18.2 Å². The first-order chi connectivity index (χ1) is 10.9. The molecule has 0 aliphatic rings. The van der Waals surface area contributed by atoms with E-state index in [4.69, 9.17) is 4.74 Å². The van der Waals surface area contributed by atoms with E-state index in [-0.39, 0.29) is 18.2 Å². The van der Waals surface area contributed by atoms with Gasteiger partial charge >= 0.3 is 0 Å². The maximum Gasteiger partial charge on any atom is 0.271 e. The van der Waals surface area contributed by atoms with Crippen LogP contribution in [0, 0.1) is 30.9 Å². The Labute approximate surface area is 134 Å². The van der Waals surface area contributed by atoms with Crippen molar-refractivity contribution in [2.75, 3.05) is 11.9 Å². The normalized spacial score (nSPS) is 10.2. The van der Waals surface area contributed by atoms with E-state index >= 15 is 0 Å². The van der Waals surface area contributed by atoms with E-state index in [1.807, 2.05) is 32.9 Å². The molecule has 0 spiro atoms. The molecule has 2 aromatic rings. The zero-order chi connectivity index (χ0) is 17.0. The van der Waals surface area contributed by atoms with Gasteiger partial charge in [-0.05, 0) is 43.5 Å². The summed E-state index contributed by atoms with van der Waals surface area (Å²) >= 11 is 0. The maximum absolute atomic E-state index is 12.0. The number of nitrogens with zero attached hydrogens (tertiary/aromatic N) is 1. The Morgan fingerprint density at radius 2 is 1.87 bits per heavy atom. The van der Waals surface area contributed by atoms with Gasteiger partial charge in [-0.2, -0.15) is 0 Å². The SMILES string of the molecule is Cc1ccc(C)c(OCC(=O)Nc2cccc([N+](=O)[O-])c2)c1C. The van der Waals surface area contributed by atoms with E-state index in [2.05, 4.69) is 5.32 Å². The van der Waals surface area contributed by atoms with E-state index in [0.717, 1.165) is 16.7 Å². The maximum atomic E-state index is 12.0. The summed E-state index contributed by atoms with van der Waals surface area (Å²) in [6.45, 7) is 5.68. The molecule has 120 valence electrons. The van der Waals surface area contributed by atoms with Crippen LogP contribution in [0.2, 0.25) is 0 Å². The van der Waals surface area contributed by atoms with Crippen LogP contribution in [0.5, 0.6) is 5.75 Å². The van der Waals surface area contributed by atoms with Crippen LogP contribution >= 0.6 is 0 Å². The quantitative estimate of drug-likeness (QED) is 0.676. The molecule has 1 amide bonds. The van der Waals surface area contributed by atoms with Crippen LogP contribution in [0.4, 0.5) is 11.4 Å². The first-order valence-corrected chi connectivity index (χ1v) is 7.12. The number of nitrogens with one attached hydrogen (secondary N) is 1. The van der Waals surface area contributed by atoms with Gasteiger partial charge in [0, 0.05) is 17.8 Å². The fraction of sp³-hybridized carbons (Fsp3) is 0.235. The van der Waals surface area contributed by atoms with Crippen molar-refractivity contribution in [3.63, 3.8) is 0 Å². The molecule has 0 aliphatic carbocycles. The van der Waals surface area contributed by atoms with Crippen LogP contribution in [-0.4, -0.2) is 17.4 Å². The highest BCUT2D eigenvalue weighted by molar-refractivity contribution is 5.92. The Kier molecular flexibility index (Phi) is 4.95. The Morgan fingerprint density at radius 3 is 2.57 bits per heavy atom. The molecule has 0 atom stereocenters. The Hall–Kier alpha value is -2.89. The molecule has 1 N–H and O–H groups in total. The third-order valence-electron chi connectivity index (χ3n) is 3.56. The molecule has 0 bridgehead atoms. The Bertz CT molecular complexity index is 756. The number of carbonyl (C=O) groups excluding carboxylic acids is 1. The predicted octanol–water partition coefficient (Wildman–Crippen LogP) is 3.54. The molecule has 0 aliphatic heterocycles. The highest BCUT2D eigenvalue weighted by Gasteiger charge is 2.11. The molecule has 2 aromatic carbocycles. The van der Waals surface area contributed by atoms with Crippen molar-refractivity contribution in [2.24, 2.45) is 0 Å². The number of carbonyl (C=O) groups is 1. The van der Waals surface area contributed by atoms with Crippen LogP contribution in [0.15, 0.2) is 36.4 Å². The average Bonchev–Trinajstić information content (AvgIpc) is 2.51. The molecule has 0 unspecified atom stereocenters. The molecule has 0 fully saturated rings. The second-order valence-electron chi connectivity index (χ2n) is 5.30. The molecule has 0 saturated heterocycles. The van der Waals surface area contributed by atoms with Crippen molar-refractivity contribution in [1.82, 2.24) is 0 Å². The molecule has 23 heavy (non-hydrogen) atoms. The Morgan fingerprint density at radius 1 is 1.17 bits per heavy atom. The van der Waals surface area contributed by atoms with Crippen LogP contribution < -0.4 is 10.1 Å². The number of nitro groups is 1. The van der Waals surface area contributed by atoms with Gasteiger partial charge in [0.15, 0.2) is 6.61 Å². The van der Waals surface area contributed by atoms with E-state index < -0.39 is 4.92 Å². The second-order valence-corrected chi connectivity index (χ2v) is 5.30. The summed E-state index contributed by atoms with van der Waals surface area (Å²) in [5, 5.41) is 13.3. The lowest BCUT2D eigenvalue weighted by atomic mass is 10.1. The first-order valence-electron chi connectivity index (χ1n) is 7.12. The largest absolute Gasteiger partial charge is 0.483 e. The lowest BCUT2D eigenvalue weighted by Crippen LogP contribution is -2.20. The summed E-state index contributed by atoms with van der Waals surface area (Å²) < 4.78 is 5.61. The molecule has 0 radical (unpaired) electrons. The van der Waals surface area contributed by atoms with Gasteiger partial charge in [-0.1, -0.05) is 18.2 Å². The van der Waals surface area contributed by atoms with E-state index in [1.54, 1.807) is 6.07 Å². The topological polar surface area (TPSA) is 81.5 Å². The third kappa shape index (κ3) is 4.06. The lowest BCUT2D eigenvalue weighted by molar-refractivity contribution is -0.384. The van der Waals surface area contributed by atoms with Crippen molar-refractivity contribution < 1.29 is 14.5 Å². The van der Waals surface area contributed by atoms with E-state index in [0.29, 0.717) is 11.4 Å². The number of hydrogen-bond donors (Lipinski definition) is 1. The lowest BCUT2D eigenvalue weighted by Gasteiger charge is -2.13. The standard InChI is InChI=1S/C17H18N2O4/c1-11-7-8-12(2)17(13(11)3)23-10-16(20)18-14-5-4-6-15(9-14)19(21)22/h4-9H,10H2,1-3H3,(H,18,20). The van der Waals surface area contributed by atoms with Gasteiger partial charge in [-0.15, -0.1) is 0 Å². The van der Waals surface area contributed by atoms with Crippen molar-refractivity contribution in [1.29, 1.82) is 0 Å². The summed E-state index contributed by atoms with van der Waals surface area (Å²) in [5.74, 6) is 0.324. The summed E-state index contributed by atoms with van der Waals surface area (Å²) in [4.78, 5) is 22.2. The summed E-state index contributed by atoms with van der Waals surface area (Å²) in [5.41, 5.74) is 3.33. The number of anilines is 1. The molecule has 0 saturated carbocycles. The second kappa shape index (κ2) is 6.91. The van der Waals surface area contributed by atoms with Gasteiger partial charge < -0.3 is 10.1 Å². The van der Waals surface area contributed by atoms with Crippen LogP contribution in [0.3, 0.4) is 0 Å². The molecular formula is C17H18N2O4. The van der Waals surface area contributed by atoms with Gasteiger partial charge in [0.2, 0.25) is 0 Å². The van der Waals surface area contributed by atoms with Crippen molar-refractivity contribution >= 4 is 17.3 Å². The number of non-ortho nitro benzene ring substituents is 1. The summed E-state index contributed by atoms with van der Waals surface area (Å²) in [6.07, 6.45) is 0.